The third-order valence-electron chi connectivity index (χ3n) is 4.38. The number of hydrogen-bond donors (Lipinski definition) is 2. The van der Waals surface area contributed by atoms with E-state index in [1.807, 2.05) is 0 Å². The number of fused-ring (bicyclic) bond motifs is 2. The van der Waals surface area contributed by atoms with Crippen LogP contribution in [0.1, 0.15) is 19.3 Å². The predicted molar refractivity (Wildman–Crippen MR) is 122 cm³/mol. The van der Waals surface area contributed by atoms with Crippen molar-refractivity contribution in [2.75, 3.05) is 14.2 Å². The summed E-state index contributed by atoms with van der Waals surface area (Å²) >= 11 is 15.1. The smallest absolute Gasteiger partial charge is 0.281 e. The van der Waals surface area contributed by atoms with Crippen molar-refractivity contribution >= 4 is 77.9 Å². The molecule has 0 aliphatic rings. The summed E-state index contributed by atoms with van der Waals surface area (Å²) in [6.07, 6.45) is 0. The first kappa shape index (κ1) is 20.7. The van der Waals surface area contributed by atoms with E-state index in [4.69, 9.17) is 32.7 Å². The number of hydrogen-bond acceptors (Lipinski definition) is 6. The van der Waals surface area contributed by atoms with Crippen molar-refractivity contribution in [2.45, 2.75) is 0 Å². The van der Waals surface area contributed by atoms with Crippen LogP contribution < -0.4 is 20.3 Å². The van der Waals surface area contributed by atoms with Crippen LogP contribution in [0.15, 0.2) is 36.4 Å². The minimum Gasteiger partial charge on any atom is -0.497 e. The van der Waals surface area contributed by atoms with E-state index in [0.29, 0.717) is 21.5 Å². The lowest BCUT2D eigenvalue weighted by molar-refractivity contribution is 0.0851. The molecule has 2 heterocycles. The van der Waals surface area contributed by atoms with Gasteiger partial charge in [0.2, 0.25) is 0 Å². The van der Waals surface area contributed by atoms with Gasteiger partial charge in [-0.2, -0.15) is 0 Å². The zero-order valence-electron chi connectivity index (χ0n) is 15.7. The van der Waals surface area contributed by atoms with Crippen molar-refractivity contribution in [1.82, 2.24) is 10.9 Å². The highest BCUT2D eigenvalue weighted by Gasteiger charge is 2.21. The van der Waals surface area contributed by atoms with Crippen LogP contribution in [0.5, 0.6) is 11.5 Å². The second-order valence-corrected chi connectivity index (χ2v) is 8.98. The highest BCUT2D eigenvalue weighted by Crippen LogP contribution is 2.38. The minimum atomic E-state index is -0.521. The third-order valence-corrected chi connectivity index (χ3v) is 7.69. The first-order valence-corrected chi connectivity index (χ1v) is 10.9. The molecule has 4 rings (SSSR count). The lowest BCUT2D eigenvalue weighted by atomic mass is 10.2. The van der Waals surface area contributed by atoms with E-state index in [1.165, 1.54) is 22.7 Å². The van der Waals surface area contributed by atoms with E-state index in [1.54, 1.807) is 50.6 Å². The number of thiophene rings is 2. The van der Waals surface area contributed by atoms with Crippen LogP contribution in [0.25, 0.3) is 20.2 Å². The summed E-state index contributed by atoms with van der Waals surface area (Å²) in [5.74, 6) is 0.285. The number of benzene rings is 2. The standard InChI is InChI=1S/C20H14Cl2N2O4S2/c1-27-9-3-5-11-13(7-9)29-17(15(11)21)19(25)23-24-20(26)18-16(22)12-6-4-10(28-2)8-14(12)30-18/h3-8H,1-2H3,(H,23,25)(H,24,26). The van der Waals surface area contributed by atoms with Crippen LogP contribution in [-0.4, -0.2) is 26.0 Å². The van der Waals surface area contributed by atoms with E-state index in [-0.39, 0.29) is 9.75 Å². The molecule has 10 heteroatoms. The number of carbonyl (C=O) groups is 2. The van der Waals surface area contributed by atoms with Gasteiger partial charge in [0, 0.05) is 20.2 Å². The maximum Gasteiger partial charge on any atom is 0.281 e. The fraction of sp³-hybridized carbons (Fsp3) is 0.100. The molecule has 0 aliphatic heterocycles. The maximum atomic E-state index is 12.6. The number of halogens is 2. The highest BCUT2D eigenvalue weighted by atomic mass is 35.5. The number of ether oxygens (including phenoxy) is 2. The zero-order chi connectivity index (χ0) is 21.4. The number of hydrazine groups is 1. The molecular formula is C20H14Cl2N2O4S2. The van der Waals surface area contributed by atoms with E-state index < -0.39 is 11.8 Å². The van der Waals surface area contributed by atoms with Crippen molar-refractivity contribution in [3.63, 3.8) is 0 Å². The van der Waals surface area contributed by atoms with E-state index >= 15 is 0 Å². The van der Waals surface area contributed by atoms with Crippen molar-refractivity contribution in [1.29, 1.82) is 0 Å². The van der Waals surface area contributed by atoms with E-state index in [0.717, 1.165) is 20.2 Å². The predicted octanol–water partition coefficient (Wildman–Crippen LogP) is 5.51. The summed E-state index contributed by atoms with van der Waals surface area (Å²) in [6.45, 7) is 0. The number of carbonyl (C=O) groups excluding carboxylic acids is 2. The molecule has 6 nitrogen and oxygen atoms in total. The molecule has 4 aromatic rings. The fourth-order valence-electron chi connectivity index (χ4n) is 2.86. The van der Waals surface area contributed by atoms with Crippen molar-refractivity contribution in [3.05, 3.63) is 56.2 Å². The van der Waals surface area contributed by atoms with Gasteiger partial charge in [0.15, 0.2) is 0 Å². The van der Waals surface area contributed by atoms with Crippen LogP contribution in [0.3, 0.4) is 0 Å². The van der Waals surface area contributed by atoms with Gasteiger partial charge >= 0.3 is 0 Å². The minimum absolute atomic E-state index is 0.285. The Hall–Kier alpha value is -2.52. The molecule has 0 radical (unpaired) electrons. The van der Waals surface area contributed by atoms with Crippen LogP contribution in [-0.2, 0) is 0 Å². The maximum absolute atomic E-state index is 12.6. The monoisotopic (exact) mass is 480 g/mol. The number of methoxy groups -OCH3 is 2. The molecule has 2 aromatic heterocycles. The zero-order valence-corrected chi connectivity index (χ0v) is 18.8. The van der Waals surface area contributed by atoms with Gasteiger partial charge in [-0.15, -0.1) is 22.7 Å². The van der Waals surface area contributed by atoms with Gasteiger partial charge in [0.1, 0.15) is 21.3 Å². The van der Waals surface area contributed by atoms with Gasteiger partial charge in [-0.05, 0) is 36.4 Å². The molecule has 0 spiro atoms. The molecule has 0 fully saturated rings. The molecule has 0 unspecified atom stereocenters. The average molecular weight is 481 g/mol. The van der Waals surface area contributed by atoms with Crippen LogP contribution >= 0.6 is 45.9 Å². The molecular weight excluding hydrogens is 467 g/mol. The molecule has 0 saturated heterocycles. The van der Waals surface area contributed by atoms with Gasteiger partial charge in [-0.3, -0.25) is 20.4 Å². The summed E-state index contributed by atoms with van der Waals surface area (Å²) in [4.78, 5) is 25.7. The van der Waals surface area contributed by atoms with Crippen LogP contribution in [0.4, 0.5) is 0 Å². The number of nitrogens with one attached hydrogen (secondary N) is 2. The Kier molecular flexibility index (Phi) is 5.75. The Balaban J connectivity index is 1.53. The molecule has 0 aliphatic carbocycles. The van der Waals surface area contributed by atoms with Crippen LogP contribution in [0, 0.1) is 0 Å². The lowest BCUT2D eigenvalue weighted by Crippen LogP contribution is -2.41. The molecule has 0 atom stereocenters. The summed E-state index contributed by atoms with van der Waals surface area (Å²) in [6, 6.07) is 10.7. The molecule has 30 heavy (non-hydrogen) atoms. The normalized spacial score (nSPS) is 10.9. The molecule has 2 aromatic carbocycles. The summed E-state index contributed by atoms with van der Waals surface area (Å²) in [7, 11) is 3.13. The topological polar surface area (TPSA) is 76.7 Å². The van der Waals surface area contributed by atoms with Gasteiger partial charge < -0.3 is 9.47 Å². The largest absolute Gasteiger partial charge is 0.497 e. The van der Waals surface area contributed by atoms with Crippen molar-refractivity contribution < 1.29 is 19.1 Å². The van der Waals surface area contributed by atoms with Crippen molar-refractivity contribution in [3.8, 4) is 11.5 Å². The Morgan fingerprint density at radius 2 is 1.17 bits per heavy atom. The number of rotatable bonds is 4. The van der Waals surface area contributed by atoms with E-state index in [2.05, 4.69) is 10.9 Å². The summed E-state index contributed by atoms with van der Waals surface area (Å²) in [5, 5.41) is 2.11. The molecule has 0 saturated carbocycles. The Bertz CT molecular complexity index is 1200. The second-order valence-electron chi connectivity index (χ2n) is 6.12. The molecule has 2 N–H and O–H groups in total. The Morgan fingerprint density at radius 3 is 1.53 bits per heavy atom. The first-order chi connectivity index (χ1) is 14.4. The van der Waals surface area contributed by atoms with Crippen molar-refractivity contribution in [2.24, 2.45) is 0 Å². The van der Waals surface area contributed by atoms with Gasteiger partial charge in [-0.25, -0.2) is 0 Å². The SMILES string of the molecule is COc1ccc2c(Cl)c(C(=O)NNC(=O)c3sc4cc(OC)ccc4c3Cl)sc2c1. The quantitative estimate of drug-likeness (QED) is 0.377. The highest BCUT2D eigenvalue weighted by molar-refractivity contribution is 7.22. The van der Waals surface area contributed by atoms with E-state index in [9.17, 15) is 9.59 Å². The van der Waals surface area contributed by atoms with Crippen LogP contribution in [0.2, 0.25) is 10.0 Å². The second kappa shape index (κ2) is 8.31. The Labute approximate surface area is 189 Å². The summed E-state index contributed by atoms with van der Waals surface area (Å²) < 4.78 is 12.0. The molecule has 154 valence electrons. The summed E-state index contributed by atoms with van der Waals surface area (Å²) in [5.41, 5.74) is 4.80. The van der Waals surface area contributed by atoms with Gasteiger partial charge in [0.05, 0.1) is 24.3 Å². The third kappa shape index (κ3) is 3.67. The molecule has 2 amide bonds. The fourth-order valence-corrected chi connectivity index (χ4v) is 5.75. The van der Waals surface area contributed by atoms with Gasteiger partial charge in [-0.1, -0.05) is 23.2 Å². The lowest BCUT2D eigenvalue weighted by Gasteiger charge is -2.05. The Morgan fingerprint density at radius 1 is 0.767 bits per heavy atom. The molecule has 0 bridgehead atoms. The first-order valence-electron chi connectivity index (χ1n) is 8.55. The number of amides is 2. The van der Waals surface area contributed by atoms with Gasteiger partial charge in [0.25, 0.3) is 11.8 Å². The average Bonchev–Trinajstić information content (AvgIpc) is 3.27.